The molecule has 160 valence electrons. The van der Waals surface area contributed by atoms with Crippen LogP contribution in [-0.2, 0) is 11.3 Å². The summed E-state index contributed by atoms with van der Waals surface area (Å²) in [5.74, 6) is -1.21. The number of benzene rings is 1. The zero-order valence-corrected chi connectivity index (χ0v) is 18.3. The Kier molecular flexibility index (Phi) is 5.45. The predicted octanol–water partition coefficient (Wildman–Crippen LogP) is 3.26. The Hall–Kier alpha value is -3.33. The van der Waals surface area contributed by atoms with E-state index in [4.69, 9.17) is 0 Å². The Balaban J connectivity index is 2.00. The van der Waals surface area contributed by atoms with Crippen LogP contribution in [0.25, 0.3) is 21.0 Å². The predicted molar refractivity (Wildman–Crippen MR) is 120 cm³/mol. The van der Waals surface area contributed by atoms with Crippen molar-refractivity contribution in [3.8, 4) is 0 Å². The SMILES string of the molecule is CCC[C@@H](C(=O)O)n1c(=O)c2cnccc2n(Cc2nsc3cc(C)cc(C)c23)c1=O. The Morgan fingerprint density at radius 2 is 2.03 bits per heavy atom. The molecule has 0 amide bonds. The van der Waals surface area contributed by atoms with Crippen LogP contribution in [0.3, 0.4) is 0 Å². The molecule has 1 N–H and O–H groups in total. The van der Waals surface area contributed by atoms with Gasteiger partial charge < -0.3 is 5.11 Å². The van der Waals surface area contributed by atoms with E-state index in [-0.39, 0.29) is 18.4 Å². The summed E-state index contributed by atoms with van der Waals surface area (Å²) in [6, 6.07) is 4.48. The molecule has 0 saturated carbocycles. The van der Waals surface area contributed by atoms with Crippen molar-refractivity contribution in [2.75, 3.05) is 0 Å². The van der Waals surface area contributed by atoms with E-state index in [1.165, 1.54) is 28.5 Å². The second kappa shape index (κ2) is 8.07. The Morgan fingerprint density at radius 3 is 2.74 bits per heavy atom. The topological polar surface area (TPSA) is 107 Å². The summed E-state index contributed by atoms with van der Waals surface area (Å²) in [6.07, 6.45) is 3.58. The highest BCUT2D eigenvalue weighted by Gasteiger charge is 2.26. The van der Waals surface area contributed by atoms with Gasteiger partial charge in [0.2, 0.25) is 0 Å². The number of carboxylic acids is 1. The number of hydrogen-bond acceptors (Lipinski definition) is 6. The van der Waals surface area contributed by atoms with Gasteiger partial charge in [-0.25, -0.2) is 14.2 Å². The molecule has 0 bridgehead atoms. The van der Waals surface area contributed by atoms with Crippen LogP contribution >= 0.6 is 11.5 Å². The van der Waals surface area contributed by atoms with Crippen LogP contribution in [0.15, 0.2) is 40.2 Å². The number of carbonyl (C=O) groups is 1. The molecule has 3 heterocycles. The van der Waals surface area contributed by atoms with Crippen molar-refractivity contribution in [3.63, 3.8) is 0 Å². The zero-order valence-electron chi connectivity index (χ0n) is 17.5. The van der Waals surface area contributed by atoms with Gasteiger partial charge in [-0.2, -0.15) is 4.37 Å². The maximum atomic E-state index is 13.4. The molecular weight excluding hydrogens is 416 g/mol. The number of pyridine rings is 1. The van der Waals surface area contributed by atoms with E-state index < -0.39 is 23.3 Å². The fourth-order valence-electron chi connectivity index (χ4n) is 4.08. The van der Waals surface area contributed by atoms with Gasteiger partial charge in [-0.05, 0) is 55.1 Å². The average molecular weight is 439 g/mol. The van der Waals surface area contributed by atoms with Gasteiger partial charge in [0.15, 0.2) is 0 Å². The minimum absolute atomic E-state index is 0.127. The molecule has 3 aromatic heterocycles. The van der Waals surface area contributed by atoms with E-state index in [1.807, 2.05) is 20.8 Å². The first-order valence-electron chi connectivity index (χ1n) is 10.0. The van der Waals surface area contributed by atoms with Crippen LogP contribution < -0.4 is 11.2 Å². The number of nitrogens with zero attached hydrogens (tertiary/aromatic N) is 4. The van der Waals surface area contributed by atoms with Gasteiger partial charge in [0.1, 0.15) is 6.04 Å². The number of fused-ring (bicyclic) bond motifs is 2. The molecule has 0 radical (unpaired) electrons. The quantitative estimate of drug-likeness (QED) is 0.495. The standard InChI is InChI=1S/C22H22N4O4S/c1-4-5-17(21(28)29)26-20(27)14-10-23-7-6-16(14)25(22(26)30)11-15-19-13(3)8-12(2)9-18(19)31-24-15/h6-10,17H,4-5,11H2,1-3H3,(H,28,29)/t17-/m0/s1. The lowest BCUT2D eigenvalue weighted by atomic mass is 10.1. The summed E-state index contributed by atoms with van der Waals surface area (Å²) in [6.45, 7) is 5.96. The maximum Gasteiger partial charge on any atom is 0.332 e. The lowest BCUT2D eigenvalue weighted by Gasteiger charge is -2.18. The van der Waals surface area contributed by atoms with Crippen LogP contribution in [0.1, 0.15) is 42.6 Å². The van der Waals surface area contributed by atoms with Crippen molar-refractivity contribution in [1.29, 1.82) is 0 Å². The smallest absolute Gasteiger partial charge is 0.332 e. The van der Waals surface area contributed by atoms with Crippen molar-refractivity contribution >= 4 is 38.5 Å². The van der Waals surface area contributed by atoms with Gasteiger partial charge in [-0.3, -0.25) is 14.3 Å². The summed E-state index contributed by atoms with van der Waals surface area (Å²) in [5, 5.41) is 10.9. The van der Waals surface area contributed by atoms with Crippen molar-refractivity contribution in [3.05, 3.63) is 68.3 Å². The van der Waals surface area contributed by atoms with Crippen LogP contribution in [0.4, 0.5) is 0 Å². The van der Waals surface area contributed by atoms with Crippen LogP contribution in [0, 0.1) is 13.8 Å². The third kappa shape index (κ3) is 3.54. The third-order valence-electron chi connectivity index (χ3n) is 5.43. The Labute approximate surface area is 181 Å². The molecule has 0 aliphatic rings. The molecule has 1 aromatic carbocycles. The summed E-state index contributed by atoms with van der Waals surface area (Å²) >= 11 is 1.36. The maximum absolute atomic E-state index is 13.4. The van der Waals surface area contributed by atoms with Crippen molar-refractivity contribution in [2.24, 2.45) is 0 Å². The molecule has 1 atom stereocenters. The first kappa shape index (κ1) is 20.9. The average Bonchev–Trinajstić information content (AvgIpc) is 3.13. The van der Waals surface area contributed by atoms with Crippen LogP contribution in [0.2, 0.25) is 0 Å². The second-order valence-corrected chi connectivity index (χ2v) is 8.47. The molecule has 0 fully saturated rings. The van der Waals surface area contributed by atoms with Gasteiger partial charge in [-0.15, -0.1) is 0 Å². The molecule has 8 nitrogen and oxygen atoms in total. The highest BCUT2D eigenvalue weighted by molar-refractivity contribution is 7.13. The molecule has 4 aromatic rings. The Bertz CT molecular complexity index is 1430. The van der Waals surface area contributed by atoms with Gasteiger partial charge in [0.05, 0.1) is 27.8 Å². The lowest BCUT2D eigenvalue weighted by molar-refractivity contribution is -0.141. The van der Waals surface area contributed by atoms with Gasteiger partial charge >= 0.3 is 11.7 Å². The zero-order chi connectivity index (χ0) is 22.3. The largest absolute Gasteiger partial charge is 0.480 e. The minimum atomic E-state index is -1.24. The van der Waals surface area contributed by atoms with E-state index in [0.29, 0.717) is 17.6 Å². The number of aryl methyl sites for hydroxylation is 2. The first-order valence-corrected chi connectivity index (χ1v) is 10.8. The molecule has 0 aliphatic heterocycles. The van der Waals surface area contributed by atoms with Crippen molar-refractivity contribution in [1.82, 2.24) is 18.5 Å². The molecule has 31 heavy (non-hydrogen) atoms. The molecule has 0 spiro atoms. The number of hydrogen-bond donors (Lipinski definition) is 1. The van der Waals surface area contributed by atoms with E-state index in [9.17, 15) is 19.5 Å². The normalized spacial score (nSPS) is 12.5. The number of aromatic nitrogens is 4. The summed E-state index contributed by atoms with van der Waals surface area (Å²) in [4.78, 5) is 42.4. The van der Waals surface area contributed by atoms with E-state index in [1.54, 1.807) is 6.07 Å². The Morgan fingerprint density at radius 1 is 1.26 bits per heavy atom. The molecular formula is C22H22N4O4S. The van der Waals surface area contributed by atoms with Crippen LogP contribution in [0.5, 0.6) is 0 Å². The highest BCUT2D eigenvalue weighted by atomic mass is 32.1. The van der Waals surface area contributed by atoms with Gasteiger partial charge in [-0.1, -0.05) is 19.4 Å². The number of carboxylic acid groups (broad SMARTS) is 1. The molecule has 0 aliphatic carbocycles. The molecule has 0 saturated heterocycles. The lowest BCUT2D eigenvalue weighted by Crippen LogP contribution is -2.44. The van der Waals surface area contributed by atoms with Crippen LogP contribution in [-0.4, -0.2) is 29.6 Å². The van der Waals surface area contributed by atoms with Crippen molar-refractivity contribution < 1.29 is 9.90 Å². The summed E-state index contributed by atoms with van der Waals surface area (Å²) in [5.41, 5.74) is 2.01. The fourth-order valence-corrected chi connectivity index (χ4v) is 5.05. The molecule has 0 unspecified atom stereocenters. The monoisotopic (exact) mass is 438 g/mol. The summed E-state index contributed by atoms with van der Waals surface area (Å²) < 4.78 is 7.87. The van der Waals surface area contributed by atoms with Crippen molar-refractivity contribution in [2.45, 2.75) is 46.2 Å². The number of rotatable bonds is 6. The second-order valence-electron chi connectivity index (χ2n) is 7.66. The van der Waals surface area contributed by atoms with Gasteiger partial charge in [0, 0.05) is 17.8 Å². The number of aliphatic carboxylic acids is 1. The molecule has 4 rings (SSSR count). The fraction of sp³-hybridized carbons (Fsp3) is 0.318. The first-order chi connectivity index (χ1) is 14.8. The summed E-state index contributed by atoms with van der Waals surface area (Å²) in [7, 11) is 0. The minimum Gasteiger partial charge on any atom is -0.480 e. The van der Waals surface area contributed by atoms with E-state index >= 15 is 0 Å². The van der Waals surface area contributed by atoms with E-state index in [2.05, 4.69) is 21.5 Å². The highest BCUT2D eigenvalue weighted by Crippen LogP contribution is 2.28. The van der Waals surface area contributed by atoms with E-state index in [0.717, 1.165) is 25.8 Å². The third-order valence-corrected chi connectivity index (χ3v) is 6.26. The molecule has 9 heteroatoms. The van der Waals surface area contributed by atoms with Gasteiger partial charge in [0.25, 0.3) is 5.56 Å².